The van der Waals surface area contributed by atoms with E-state index >= 15 is 0 Å². The molecular formula is C10H15NO. The van der Waals surface area contributed by atoms with E-state index in [4.69, 9.17) is 4.52 Å². The van der Waals surface area contributed by atoms with Crippen LogP contribution in [0, 0.1) is 6.92 Å². The number of rotatable bonds is 0. The molecule has 66 valence electrons. The molecule has 1 aliphatic rings. The van der Waals surface area contributed by atoms with Gasteiger partial charge in [-0.1, -0.05) is 32.9 Å². The zero-order valence-corrected chi connectivity index (χ0v) is 8.36. The van der Waals surface area contributed by atoms with Gasteiger partial charge in [0.05, 0.1) is 5.69 Å². The second-order valence-electron chi connectivity index (χ2n) is 4.72. The van der Waals surface area contributed by atoms with E-state index in [0.717, 1.165) is 11.5 Å². The van der Waals surface area contributed by atoms with E-state index in [1.54, 1.807) is 0 Å². The second kappa shape index (κ2) is 1.76. The van der Waals surface area contributed by atoms with Crippen LogP contribution in [0.4, 0.5) is 0 Å². The number of fused-ring (bicyclic) bond motifs is 1. The Kier molecular flexibility index (Phi) is 1.15. The summed E-state index contributed by atoms with van der Waals surface area (Å²) in [4.78, 5) is 0. The van der Waals surface area contributed by atoms with Crippen LogP contribution in [-0.2, 0) is 10.8 Å². The largest absolute Gasteiger partial charge is 0.360 e. The van der Waals surface area contributed by atoms with Gasteiger partial charge < -0.3 is 4.52 Å². The molecule has 0 N–H and O–H groups in total. The maximum atomic E-state index is 5.28. The summed E-state index contributed by atoms with van der Waals surface area (Å²) in [6, 6.07) is 0. The van der Waals surface area contributed by atoms with Crippen molar-refractivity contribution in [2.75, 3.05) is 0 Å². The van der Waals surface area contributed by atoms with Gasteiger partial charge in [-0.2, -0.15) is 0 Å². The van der Waals surface area contributed by atoms with E-state index in [0.29, 0.717) is 0 Å². The molecule has 0 aromatic carbocycles. The minimum atomic E-state index is 0.142. The van der Waals surface area contributed by atoms with Crippen molar-refractivity contribution in [1.29, 1.82) is 0 Å². The van der Waals surface area contributed by atoms with Gasteiger partial charge in [0.1, 0.15) is 5.76 Å². The van der Waals surface area contributed by atoms with E-state index in [1.165, 1.54) is 5.56 Å². The molecule has 2 rings (SSSR count). The average molecular weight is 165 g/mol. The molecule has 0 saturated carbocycles. The monoisotopic (exact) mass is 165 g/mol. The third-order valence-corrected chi connectivity index (χ3v) is 3.62. The first-order valence-electron chi connectivity index (χ1n) is 4.36. The molecule has 1 heterocycles. The Bertz CT molecular complexity index is 334. The molecule has 1 aromatic rings. The van der Waals surface area contributed by atoms with Gasteiger partial charge in [0.25, 0.3) is 0 Å². The number of aromatic nitrogens is 1. The van der Waals surface area contributed by atoms with Crippen LogP contribution in [0.2, 0.25) is 0 Å². The fourth-order valence-corrected chi connectivity index (χ4v) is 2.07. The maximum absolute atomic E-state index is 5.28. The number of nitrogens with zero attached hydrogens (tertiary/aromatic N) is 1. The molecule has 0 saturated heterocycles. The SMILES string of the molecule is Cc1noc2c1C(C)(C)C2(C)C. The van der Waals surface area contributed by atoms with Gasteiger partial charge >= 0.3 is 0 Å². The van der Waals surface area contributed by atoms with E-state index in [-0.39, 0.29) is 10.8 Å². The molecule has 1 aromatic heterocycles. The first kappa shape index (κ1) is 7.84. The van der Waals surface area contributed by atoms with Crippen molar-refractivity contribution in [2.45, 2.75) is 45.4 Å². The van der Waals surface area contributed by atoms with Crippen LogP contribution < -0.4 is 0 Å². The molecular weight excluding hydrogens is 150 g/mol. The van der Waals surface area contributed by atoms with Gasteiger partial charge in [0.15, 0.2) is 0 Å². The molecule has 12 heavy (non-hydrogen) atoms. The van der Waals surface area contributed by atoms with Crippen LogP contribution in [-0.4, -0.2) is 5.16 Å². The van der Waals surface area contributed by atoms with Crippen molar-refractivity contribution < 1.29 is 4.52 Å². The molecule has 0 bridgehead atoms. The Hall–Kier alpha value is -0.790. The molecule has 0 atom stereocenters. The van der Waals surface area contributed by atoms with Crippen LogP contribution >= 0.6 is 0 Å². The number of hydrogen-bond donors (Lipinski definition) is 0. The van der Waals surface area contributed by atoms with Crippen LogP contribution in [0.15, 0.2) is 4.52 Å². The zero-order chi connectivity index (χ0) is 9.15. The summed E-state index contributed by atoms with van der Waals surface area (Å²) in [5, 5.41) is 3.99. The lowest BCUT2D eigenvalue weighted by atomic mass is 9.52. The Balaban J connectivity index is 2.67. The molecule has 1 aliphatic carbocycles. The average Bonchev–Trinajstić information content (AvgIpc) is 2.30. The quantitative estimate of drug-likeness (QED) is 0.590. The molecule has 0 aliphatic heterocycles. The van der Waals surface area contributed by atoms with Crippen LogP contribution in [0.1, 0.15) is 44.7 Å². The third-order valence-electron chi connectivity index (χ3n) is 3.62. The summed E-state index contributed by atoms with van der Waals surface area (Å²) < 4.78 is 5.28. The summed E-state index contributed by atoms with van der Waals surface area (Å²) in [6.07, 6.45) is 0. The van der Waals surface area contributed by atoms with E-state index < -0.39 is 0 Å². The van der Waals surface area contributed by atoms with Gasteiger partial charge in [-0.3, -0.25) is 0 Å². The molecule has 0 amide bonds. The smallest absolute Gasteiger partial charge is 0.147 e. The van der Waals surface area contributed by atoms with Crippen molar-refractivity contribution >= 4 is 0 Å². The standard InChI is InChI=1S/C10H15NO/c1-6-7-8(12-11-6)10(4,5)9(7,2)3/h1-5H3. The zero-order valence-electron chi connectivity index (χ0n) is 8.36. The van der Waals surface area contributed by atoms with Gasteiger partial charge in [0, 0.05) is 16.4 Å². The molecule has 0 unspecified atom stereocenters. The Morgan fingerprint density at radius 2 is 1.67 bits per heavy atom. The Labute approximate surface area is 72.9 Å². The van der Waals surface area contributed by atoms with Gasteiger partial charge in [-0.25, -0.2) is 0 Å². The lowest BCUT2D eigenvalue weighted by Crippen LogP contribution is -2.50. The van der Waals surface area contributed by atoms with E-state index in [9.17, 15) is 0 Å². The van der Waals surface area contributed by atoms with Gasteiger partial charge in [0.2, 0.25) is 0 Å². The molecule has 2 nitrogen and oxygen atoms in total. The van der Waals surface area contributed by atoms with Crippen molar-refractivity contribution in [3.05, 3.63) is 17.0 Å². The fourth-order valence-electron chi connectivity index (χ4n) is 2.07. The van der Waals surface area contributed by atoms with Gasteiger partial charge in [-0.15, -0.1) is 0 Å². The predicted octanol–water partition coefficient (Wildman–Crippen LogP) is 2.55. The van der Waals surface area contributed by atoms with Crippen molar-refractivity contribution in [3.63, 3.8) is 0 Å². The first-order valence-corrected chi connectivity index (χ1v) is 4.36. The summed E-state index contributed by atoms with van der Waals surface area (Å²) >= 11 is 0. The lowest BCUT2D eigenvalue weighted by molar-refractivity contribution is 0.174. The van der Waals surface area contributed by atoms with E-state index in [2.05, 4.69) is 32.9 Å². The highest BCUT2D eigenvalue weighted by molar-refractivity contribution is 5.49. The third kappa shape index (κ3) is 0.563. The van der Waals surface area contributed by atoms with Crippen LogP contribution in [0.5, 0.6) is 0 Å². The Morgan fingerprint density at radius 1 is 1.08 bits per heavy atom. The highest BCUT2D eigenvalue weighted by Gasteiger charge is 2.56. The maximum Gasteiger partial charge on any atom is 0.147 e. The normalized spacial score (nSPS) is 23.1. The topological polar surface area (TPSA) is 26.0 Å². The first-order chi connectivity index (χ1) is 5.39. The highest BCUT2D eigenvalue weighted by Crippen LogP contribution is 2.56. The lowest BCUT2D eigenvalue weighted by Gasteiger charge is -2.49. The summed E-state index contributed by atoms with van der Waals surface area (Å²) in [7, 11) is 0. The van der Waals surface area contributed by atoms with Crippen molar-refractivity contribution in [1.82, 2.24) is 5.16 Å². The van der Waals surface area contributed by atoms with Crippen LogP contribution in [0.25, 0.3) is 0 Å². The van der Waals surface area contributed by atoms with Gasteiger partial charge in [-0.05, 0) is 6.92 Å². The predicted molar refractivity (Wildman–Crippen MR) is 47.3 cm³/mol. The summed E-state index contributed by atoms with van der Waals surface area (Å²) in [5.74, 6) is 1.07. The van der Waals surface area contributed by atoms with Crippen LogP contribution in [0.3, 0.4) is 0 Å². The molecule has 2 heteroatoms. The number of hydrogen-bond acceptors (Lipinski definition) is 2. The van der Waals surface area contributed by atoms with Crippen molar-refractivity contribution in [2.24, 2.45) is 0 Å². The molecule has 0 spiro atoms. The van der Waals surface area contributed by atoms with E-state index in [1.807, 2.05) is 6.92 Å². The minimum Gasteiger partial charge on any atom is -0.360 e. The minimum absolute atomic E-state index is 0.142. The highest BCUT2D eigenvalue weighted by atomic mass is 16.5. The fraction of sp³-hybridized carbons (Fsp3) is 0.700. The summed E-state index contributed by atoms with van der Waals surface area (Å²) in [5.41, 5.74) is 2.72. The molecule has 0 radical (unpaired) electrons. The molecule has 0 fully saturated rings. The van der Waals surface area contributed by atoms with Crippen molar-refractivity contribution in [3.8, 4) is 0 Å². The Morgan fingerprint density at radius 3 is 2.17 bits per heavy atom. The second-order valence-corrected chi connectivity index (χ2v) is 4.72. The summed E-state index contributed by atoms with van der Waals surface area (Å²) in [6.45, 7) is 10.9. The number of aryl methyl sites for hydroxylation is 1.